The minimum Gasteiger partial charge on any atom is -0.396 e. The third-order valence-electron chi connectivity index (χ3n) is 6.52. The Labute approximate surface area is 198 Å². The molecule has 2 aliphatic rings. The van der Waals surface area contributed by atoms with Crippen molar-refractivity contribution < 1.29 is 19.8 Å². The summed E-state index contributed by atoms with van der Waals surface area (Å²) in [7, 11) is 0. The van der Waals surface area contributed by atoms with Crippen LogP contribution in [-0.4, -0.2) is 56.7 Å². The lowest BCUT2D eigenvalue weighted by Crippen LogP contribution is -2.40. The van der Waals surface area contributed by atoms with E-state index >= 15 is 0 Å². The molecule has 0 saturated carbocycles. The van der Waals surface area contributed by atoms with Crippen LogP contribution in [0.1, 0.15) is 37.4 Å². The van der Waals surface area contributed by atoms with Gasteiger partial charge in [-0.05, 0) is 44.0 Å². The van der Waals surface area contributed by atoms with Crippen molar-refractivity contribution in [2.24, 2.45) is 11.8 Å². The molecule has 0 spiro atoms. The molecule has 2 amide bonds. The number of benzene rings is 1. The van der Waals surface area contributed by atoms with Gasteiger partial charge in [0, 0.05) is 55.2 Å². The molecule has 182 valence electrons. The van der Waals surface area contributed by atoms with Crippen molar-refractivity contribution in [3.05, 3.63) is 47.8 Å². The van der Waals surface area contributed by atoms with Gasteiger partial charge in [0.1, 0.15) is 0 Å². The van der Waals surface area contributed by atoms with E-state index in [1.165, 1.54) is 0 Å². The molecule has 1 aromatic heterocycles. The Morgan fingerprint density at radius 2 is 2.29 bits per heavy atom. The molecule has 0 bridgehead atoms. The predicted molar refractivity (Wildman–Crippen MR) is 127 cm³/mol. The first-order valence-electron chi connectivity index (χ1n) is 11.8. The molecular formula is C24H32N6O4. The average Bonchev–Trinajstić information content (AvgIpc) is 3.39. The number of aliphatic hydroxyl groups excluding tert-OH is 1. The lowest BCUT2D eigenvalue weighted by atomic mass is 9.82. The topological polar surface area (TPSA) is 141 Å². The Balaban J connectivity index is 1.42. The van der Waals surface area contributed by atoms with E-state index in [9.17, 15) is 14.7 Å². The van der Waals surface area contributed by atoms with Crippen molar-refractivity contribution in [3.63, 3.8) is 0 Å². The number of carbonyl (C=O) groups excluding carboxylic acids is 2. The molecule has 10 nitrogen and oxygen atoms in total. The molecule has 3 atom stereocenters. The van der Waals surface area contributed by atoms with Gasteiger partial charge in [0.05, 0.1) is 11.6 Å². The van der Waals surface area contributed by atoms with Gasteiger partial charge < -0.3 is 26.2 Å². The number of hydrogen-bond donors (Lipinski definition) is 5. The van der Waals surface area contributed by atoms with Crippen LogP contribution in [0.25, 0.3) is 0 Å². The zero-order valence-electron chi connectivity index (χ0n) is 19.3. The van der Waals surface area contributed by atoms with Gasteiger partial charge in [-0.2, -0.15) is 0 Å². The number of aryl methyl sites for hydroxylation is 1. The van der Waals surface area contributed by atoms with E-state index in [1.807, 2.05) is 12.2 Å². The van der Waals surface area contributed by atoms with Crippen LogP contribution in [0.4, 0.5) is 11.4 Å². The number of carbonyl (C=O) groups is 2. The largest absolute Gasteiger partial charge is 0.396 e. The predicted octanol–water partition coefficient (Wildman–Crippen LogP) is 1.17. The highest BCUT2D eigenvalue weighted by Gasteiger charge is 2.48. The summed E-state index contributed by atoms with van der Waals surface area (Å²) in [6.45, 7) is 3.99. The summed E-state index contributed by atoms with van der Waals surface area (Å²) in [5, 5.41) is 37.3. The number of aliphatic hydroxyl groups is 2. The van der Waals surface area contributed by atoms with Gasteiger partial charge >= 0.3 is 0 Å². The zero-order chi connectivity index (χ0) is 24.1. The number of piperidine rings is 1. The number of aromatic nitrogens is 3. The summed E-state index contributed by atoms with van der Waals surface area (Å²) in [6.07, 6.45) is 8.43. The minimum absolute atomic E-state index is 0.0292. The second-order valence-electron chi connectivity index (χ2n) is 8.97. The van der Waals surface area contributed by atoms with Crippen molar-refractivity contribution in [2.45, 2.75) is 44.8 Å². The van der Waals surface area contributed by atoms with E-state index in [-0.39, 0.29) is 18.4 Å². The van der Waals surface area contributed by atoms with Crippen molar-refractivity contribution in [1.29, 1.82) is 0 Å². The van der Waals surface area contributed by atoms with Crippen LogP contribution in [0.5, 0.6) is 0 Å². The highest BCUT2D eigenvalue weighted by atomic mass is 16.3. The first-order chi connectivity index (χ1) is 16.4. The fraction of sp³-hybridized carbons (Fsp3) is 0.500. The van der Waals surface area contributed by atoms with E-state index in [1.54, 1.807) is 36.0 Å². The maximum absolute atomic E-state index is 12.8. The monoisotopic (exact) mass is 468 g/mol. The number of anilines is 2. The molecule has 0 radical (unpaired) electrons. The number of amides is 2. The average molecular weight is 469 g/mol. The van der Waals surface area contributed by atoms with Crippen LogP contribution >= 0.6 is 0 Å². The van der Waals surface area contributed by atoms with Crippen LogP contribution in [-0.2, 0) is 28.2 Å². The van der Waals surface area contributed by atoms with Crippen LogP contribution < -0.4 is 16.0 Å². The Kier molecular flexibility index (Phi) is 7.40. The van der Waals surface area contributed by atoms with Crippen LogP contribution in [0.15, 0.2) is 36.5 Å². The van der Waals surface area contributed by atoms with E-state index in [0.717, 1.165) is 25.1 Å². The number of nitrogens with zero attached hydrogens (tertiary/aromatic N) is 3. The van der Waals surface area contributed by atoms with Gasteiger partial charge in [-0.3, -0.25) is 14.3 Å². The second-order valence-corrected chi connectivity index (χ2v) is 8.97. The number of fused-ring (bicyclic) bond motifs is 1. The van der Waals surface area contributed by atoms with Gasteiger partial charge in [0.25, 0.3) is 5.91 Å². The molecule has 5 N–H and O–H groups in total. The maximum Gasteiger partial charge on any atom is 0.261 e. The Morgan fingerprint density at radius 1 is 1.44 bits per heavy atom. The van der Waals surface area contributed by atoms with E-state index in [2.05, 4.69) is 26.3 Å². The normalized spacial score (nSPS) is 23.0. The van der Waals surface area contributed by atoms with Crippen LogP contribution in [0, 0.1) is 11.8 Å². The molecule has 1 saturated heterocycles. The zero-order valence-corrected chi connectivity index (χ0v) is 19.3. The summed E-state index contributed by atoms with van der Waals surface area (Å²) in [5.74, 6) is -1.13. The second kappa shape index (κ2) is 10.5. The molecule has 10 heteroatoms. The molecule has 1 aromatic carbocycles. The smallest absolute Gasteiger partial charge is 0.261 e. The van der Waals surface area contributed by atoms with Gasteiger partial charge in [0.2, 0.25) is 5.91 Å². The fourth-order valence-electron chi connectivity index (χ4n) is 4.48. The third kappa shape index (κ3) is 5.03. The van der Waals surface area contributed by atoms with Crippen LogP contribution in [0.3, 0.4) is 0 Å². The Hall–Kier alpha value is -3.08. The van der Waals surface area contributed by atoms with E-state index in [0.29, 0.717) is 42.9 Å². The molecular weight excluding hydrogens is 436 g/mol. The maximum atomic E-state index is 12.8. The molecule has 34 heavy (non-hydrogen) atoms. The lowest BCUT2D eigenvalue weighted by Gasteiger charge is -2.26. The van der Waals surface area contributed by atoms with Crippen molar-refractivity contribution in [2.75, 3.05) is 30.3 Å². The van der Waals surface area contributed by atoms with E-state index < -0.39 is 17.4 Å². The summed E-state index contributed by atoms with van der Waals surface area (Å²) in [6, 6.07) is 5.14. The first-order valence-corrected chi connectivity index (χ1v) is 11.8. The number of rotatable bonds is 9. The molecule has 2 aromatic rings. The molecule has 1 fully saturated rings. The fourth-order valence-corrected chi connectivity index (χ4v) is 4.48. The lowest BCUT2D eigenvalue weighted by molar-refractivity contribution is -0.137. The van der Waals surface area contributed by atoms with Crippen molar-refractivity contribution in [3.8, 4) is 0 Å². The van der Waals surface area contributed by atoms with E-state index in [4.69, 9.17) is 5.11 Å². The van der Waals surface area contributed by atoms with Gasteiger partial charge in [-0.1, -0.05) is 24.3 Å². The molecule has 4 rings (SSSR count). The molecule has 0 aliphatic carbocycles. The van der Waals surface area contributed by atoms with Gasteiger partial charge in [0.15, 0.2) is 5.60 Å². The van der Waals surface area contributed by atoms with Crippen LogP contribution in [0.2, 0.25) is 0 Å². The summed E-state index contributed by atoms with van der Waals surface area (Å²) in [4.78, 5) is 25.4. The van der Waals surface area contributed by atoms with Crippen molar-refractivity contribution >= 4 is 23.2 Å². The Morgan fingerprint density at radius 3 is 3.06 bits per heavy atom. The molecule has 2 aliphatic heterocycles. The SMILES string of the molecule is C[C@@H](/C=C/CCn1cc(CCO)nn1)[C@]1(O)C(=O)Nc2ccc(NC(=O)C3CCCNC3)cc21. The summed E-state index contributed by atoms with van der Waals surface area (Å²) < 4.78 is 1.70. The number of nitrogens with one attached hydrogen (secondary N) is 3. The minimum atomic E-state index is -1.74. The molecule has 3 heterocycles. The van der Waals surface area contributed by atoms with Gasteiger partial charge in [-0.15, -0.1) is 5.10 Å². The van der Waals surface area contributed by atoms with Gasteiger partial charge in [-0.25, -0.2) is 0 Å². The third-order valence-corrected chi connectivity index (χ3v) is 6.52. The molecule has 1 unspecified atom stereocenters. The standard InChI is InChI=1S/C24H32N6O4/c1-16(5-2-3-11-30-15-19(9-12-31)28-29-30)24(34)20-13-18(7-8-21(20)27-23(24)33)26-22(32)17-6-4-10-25-14-17/h2,5,7-8,13,15-17,25,31,34H,3-4,6,9-12,14H2,1H3,(H,26,32)(H,27,33)/b5-2+/t16-,17?,24+/m0/s1. The number of allylic oxidation sites excluding steroid dienone is 1. The summed E-state index contributed by atoms with van der Waals surface area (Å²) in [5.41, 5.74) is 0.560. The summed E-state index contributed by atoms with van der Waals surface area (Å²) >= 11 is 0. The highest BCUT2D eigenvalue weighted by Crippen LogP contribution is 2.43. The number of hydrogen-bond acceptors (Lipinski definition) is 7. The first kappa shape index (κ1) is 24.1. The highest BCUT2D eigenvalue weighted by molar-refractivity contribution is 6.06. The Bertz CT molecular complexity index is 1060. The van der Waals surface area contributed by atoms with Crippen molar-refractivity contribution in [1.82, 2.24) is 20.3 Å². The quantitative estimate of drug-likeness (QED) is 0.348.